The summed E-state index contributed by atoms with van der Waals surface area (Å²) in [7, 11) is 2.25. The molecule has 1 unspecified atom stereocenters. The van der Waals surface area contributed by atoms with Crippen LogP contribution in [0.1, 0.15) is 36.1 Å². The Kier molecular flexibility index (Phi) is 2.93. The van der Waals surface area contributed by atoms with Gasteiger partial charge >= 0.3 is 0 Å². The maximum Gasteiger partial charge on any atom is 0.0473 e. The van der Waals surface area contributed by atoms with Gasteiger partial charge in [-0.1, -0.05) is 18.2 Å². The molecule has 1 fully saturated rings. The van der Waals surface area contributed by atoms with Crippen molar-refractivity contribution in [3.05, 3.63) is 34.9 Å². The van der Waals surface area contributed by atoms with Crippen LogP contribution in [0.25, 0.3) is 0 Å². The van der Waals surface area contributed by atoms with Crippen LogP contribution < -0.4 is 5.32 Å². The Morgan fingerprint density at radius 1 is 1.18 bits per heavy atom. The highest BCUT2D eigenvalue weighted by atomic mass is 15.2. The van der Waals surface area contributed by atoms with Crippen molar-refractivity contribution in [2.24, 2.45) is 0 Å². The third-order valence-corrected chi connectivity index (χ3v) is 4.47. The first kappa shape index (κ1) is 11.2. The van der Waals surface area contributed by atoms with Gasteiger partial charge in [0.05, 0.1) is 0 Å². The summed E-state index contributed by atoms with van der Waals surface area (Å²) in [5.74, 6) is 0. The third-order valence-electron chi connectivity index (χ3n) is 4.47. The van der Waals surface area contributed by atoms with Gasteiger partial charge in [0.1, 0.15) is 0 Å². The summed E-state index contributed by atoms with van der Waals surface area (Å²) >= 11 is 0. The molecule has 1 N–H and O–H groups in total. The molecule has 1 heterocycles. The van der Waals surface area contributed by atoms with Gasteiger partial charge in [-0.15, -0.1) is 0 Å². The quantitative estimate of drug-likeness (QED) is 0.795. The largest absolute Gasteiger partial charge is 0.313 e. The lowest BCUT2D eigenvalue weighted by atomic mass is 9.97. The molecule has 0 radical (unpaired) electrons. The normalized spacial score (nSPS) is 29.3. The second-order valence-electron chi connectivity index (χ2n) is 5.57. The van der Waals surface area contributed by atoms with Gasteiger partial charge in [-0.3, -0.25) is 4.90 Å². The molecule has 1 aromatic carbocycles. The Labute approximate surface area is 104 Å². The summed E-state index contributed by atoms with van der Waals surface area (Å²) in [4.78, 5) is 2.51. The number of hydrogen-bond donors (Lipinski definition) is 1. The van der Waals surface area contributed by atoms with E-state index in [0.717, 1.165) is 13.1 Å². The first-order valence-electron chi connectivity index (χ1n) is 6.80. The molecule has 2 nitrogen and oxygen atoms in total. The summed E-state index contributed by atoms with van der Waals surface area (Å²) < 4.78 is 0. The molecule has 1 aliphatic heterocycles. The molecule has 0 saturated carbocycles. The lowest BCUT2D eigenvalue weighted by Gasteiger charge is -2.38. The highest BCUT2D eigenvalue weighted by molar-refractivity contribution is 5.36. The van der Waals surface area contributed by atoms with E-state index in [1.54, 1.807) is 11.1 Å². The second kappa shape index (κ2) is 4.43. The summed E-state index contributed by atoms with van der Waals surface area (Å²) in [6, 6.07) is 8.31. The van der Waals surface area contributed by atoms with Gasteiger partial charge in [-0.05, 0) is 49.9 Å². The Hall–Kier alpha value is -0.860. The fourth-order valence-electron chi connectivity index (χ4n) is 3.18. The fourth-order valence-corrected chi connectivity index (χ4v) is 3.18. The molecular formula is C15H22N2. The molecule has 1 aliphatic carbocycles. The summed E-state index contributed by atoms with van der Waals surface area (Å²) in [5.41, 5.74) is 4.66. The Morgan fingerprint density at radius 2 is 2.00 bits per heavy atom. The third kappa shape index (κ3) is 2.00. The van der Waals surface area contributed by atoms with Crippen LogP contribution in [-0.2, 0) is 12.8 Å². The number of aryl methyl sites for hydroxylation is 2. The van der Waals surface area contributed by atoms with Crippen LogP contribution in [0, 0.1) is 0 Å². The molecule has 3 rings (SSSR count). The smallest absolute Gasteiger partial charge is 0.0473 e. The second-order valence-corrected chi connectivity index (χ2v) is 5.57. The number of nitrogens with zero attached hydrogens (tertiary/aromatic N) is 1. The minimum absolute atomic E-state index is 0.546. The molecule has 2 aliphatic rings. The van der Waals surface area contributed by atoms with E-state index in [1.165, 1.54) is 24.8 Å². The molecule has 92 valence electrons. The van der Waals surface area contributed by atoms with E-state index in [-0.39, 0.29) is 0 Å². The standard InChI is InChI=1S/C15H22N2/c1-11-9-16-10-15(17(11)2)14-7-6-12-4-3-5-13(12)8-14/h6-8,11,15-16H,3-5,9-10H2,1-2H3/t11-,15?/m0/s1. The Balaban J connectivity index is 1.88. The van der Waals surface area contributed by atoms with E-state index in [2.05, 4.69) is 42.4 Å². The predicted molar refractivity (Wildman–Crippen MR) is 71.3 cm³/mol. The van der Waals surface area contributed by atoms with Crippen molar-refractivity contribution in [2.45, 2.75) is 38.3 Å². The number of benzene rings is 1. The van der Waals surface area contributed by atoms with Gasteiger partial charge in [0, 0.05) is 25.2 Å². The molecule has 2 atom stereocenters. The lowest BCUT2D eigenvalue weighted by molar-refractivity contribution is 0.141. The van der Waals surface area contributed by atoms with Crippen LogP contribution in [0.3, 0.4) is 0 Å². The van der Waals surface area contributed by atoms with Crippen LogP contribution in [0.5, 0.6) is 0 Å². The molecule has 0 aromatic heterocycles. The van der Waals surface area contributed by atoms with E-state index in [1.807, 2.05) is 0 Å². The van der Waals surface area contributed by atoms with Crippen molar-refractivity contribution >= 4 is 0 Å². The molecule has 17 heavy (non-hydrogen) atoms. The van der Waals surface area contributed by atoms with Crippen LogP contribution in [-0.4, -0.2) is 31.1 Å². The number of piperazine rings is 1. The number of likely N-dealkylation sites (N-methyl/N-ethyl adjacent to an activating group) is 1. The molecular weight excluding hydrogens is 208 g/mol. The topological polar surface area (TPSA) is 15.3 Å². The van der Waals surface area contributed by atoms with Crippen LogP contribution >= 0.6 is 0 Å². The number of hydrogen-bond acceptors (Lipinski definition) is 2. The van der Waals surface area contributed by atoms with E-state index < -0.39 is 0 Å². The van der Waals surface area contributed by atoms with Crippen molar-refractivity contribution in [2.75, 3.05) is 20.1 Å². The maximum absolute atomic E-state index is 3.54. The van der Waals surface area contributed by atoms with Crippen LogP contribution in [0.2, 0.25) is 0 Å². The number of rotatable bonds is 1. The number of fused-ring (bicyclic) bond motifs is 1. The fraction of sp³-hybridized carbons (Fsp3) is 0.600. The molecule has 0 spiro atoms. The van der Waals surface area contributed by atoms with E-state index >= 15 is 0 Å². The van der Waals surface area contributed by atoms with E-state index in [0.29, 0.717) is 12.1 Å². The molecule has 0 bridgehead atoms. The lowest BCUT2D eigenvalue weighted by Crippen LogP contribution is -2.49. The summed E-state index contributed by atoms with van der Waals surface area (Å²) in [6.07, 6.45) is 3.90. The first-order valence-corrected chi connectivity index (χ1v) is 6.80. The van der Waals surface area contributed by atoms with Crippen molar-refractivity contribution in [3.63, 3.8) is 0 Å². The van der Waals surface area contributed by atoms with Crippen LogP contribution in [0.4, 0.5) is 0 Å². The highest BCUT2D eigenvalue weighted by Gasteiger charge is 2.26. The monoisotopic (exact) mass is 230 g/mol. The van der Waals surface area contributed by atoms with E-state index in [9.17, 15) is 0 Å². The van der Waals surface area contributed by atoms with Crippen molar-refractivity contribution in [3.8, 4) is 0 Å². The van der Waals surface area contributed by atoms with Crippen molar-refractivity contribution in [1.29, 1.82) is 0 Å². The number of nitrogens with one attached hydrogen (secondary N) is 1. The summed E-state index contributed by atoms with van der Waals surface area (Å²) in [6.45, 7) is 4.49. The van der Waals surface area contributed by atoms with Gasteiger partial charge < -0.3 is 5.32 Å². The average molecular weight is 230 g/mol. The van der Waals surface area contributed by atoms with Gasteiger partial charge in [-0.25, -0.2) is 0 Å². The maximum atomic E-state index is 3.54. The Bertz CT molecular complexity index is 413. The van der Waals surface area contributed by atoms with Gasteiger partial charge in [0.15, 0.2) is 0 Å². The summed E-state index contributed by atoms with van der Waals surface area (Å²) in [5, 5.41) is 3.54. The molecule has 2 heteroatoms. The zero-order chi connectivity index (χ0) is 11.8. The minimum Gasteiger partial charge on any atom is -0.313 e. The van der Waals surface area contributed by atoms with Crippen LogP contribution in [0.15, 0.2) is 18.2 Å². The molecule has 1 aromatic rings. The zero-order valence-corrected chi connectivity index (χ0v) is 10.9. The highest BCUT2D eigenvalue weighted by Crippen LogP contribution is 2.29. The van der Waals surface area contributed by atoms with Crippen molar-refractivity contribution < 1.29 is 0 Å². The van der Waals surface area contributed by atoms with Gasteiger partial charge in [0.2, 0.25) is 0 Å². The zero-order valence-electron chi connectivity index (χ0n) is 10.9. The average Bonchev–Trinajstić information content (AvgIpc) is 2.79. The van der Waals surface area contributed by atoms with Crippen molar-refractivity contribution in [1.82, 2.24) is 10.2 Å². The van der Waals surface area contributed by atoms with E-state index in [4.69, 9.17) is 0 Å². The molecule has 0 amide bonds. The Morgan fingerprint density at radius 3 is 2.88 bits per heavy atom. The first-order chi connectivity index (χ1) is 8.25. The predicted octanol–water partition coefficient (Wildman–Crippen LogP) is 2.14. The van der Waals surface area contributed by atoms with Gasteiger partial charge in [-0.2, -0.15) is 0 Å². The van der Waals surface area contributed by atoms with Gasteiger partial charge in [0.25, 0.3) is 0 Å². The SMILES string of the molecule is C[C@H]1CNCC(c2ccc3c(c2)CCC3)N1C. The molecule has 1 saturated heterocycles. The minimum atomic E-state index is 0.546.